The van der Waals surface area contributed by atoms with Crippen molar-refractivity contribution >= 4 is 22.5 Å². The zero-order valence-corrected chi connectivity index (χ0v) is 22.4. The second-order valence-electron chi connectivity index (χ2n) is 10.9. The normalized spacial score (nSPS) is 23.0. The maximum absolute atomic E-state index is 14.7. The third kappa shape index (κ3) is 5.92. The number of halogens is 4. The Labute approximate surface area is 233 Å². The predicted octanol–water partition coefficient (Wildman–Crippen LogP) is 5.13. The van der Waals surface area contributed by atoms with Crippen molar-refractivity contribution in [1.29, 1.82) is 0 Å². The van der Waals surface area contributed by atoms with E-state index in [9.17, 15) is 22.4 Å². The Kier molecular flexibility index (Phi) is 7.18. The quantitative estimate of drug-likeness (QED) is 0.286. The highest BCUT2D eigenvalue weighted by Crippen LogP contribution is 2.47. The number of nitrogens with zero attached hydrogens (tertiary/aromatic N) is 4. The molecule has 3 heterocycles. The summed E-state index contributed by atoms with van der Waals surface area (Å²) in [4.78, 5) is 18.8. The van der Waals surface area contributed by atoms with Gasteiger partial charge in [-0.15, -0.1) is 0 Å². The number of piperidine rings is 1. The van der Waals surface area contributed by atoms with Gasteiger partial charge in [0.2, 0.25) is 17.6 Å². The average Bonchev–Trinajstić information content (AvgIpc) is 3.47. The number of likely N-dealkylation sites (tertiary alicyclic amines) is 1. The summed E-state index contributed by atoms with van der Waals surface area (Å²) in [7, 11) is 1.85. The lowest BCUT2D eigenvalue weighted by molar-refractivity contribution is -0.139. The molecule has 1 aliphatic heterocycles. The maximum Gasteiger partial charge on any atom is 0.406 e. The van der Waals surface area contributed by atoms with Gasteiger partial charge in [0.15, 0.2) is 0 Å². The van der Waals surface area contributed by atoms with Crippen LogP contribution in [0.1, 0.15) is 30.2 Å². The van der Waals surface area contributed by atoms with Crippen molar-refractivity contribution in [2.24, 2.45) is 5.92 Å². The summed E-state index contributed by atoms with van der Waals surface area (Å²) in [6.45, 7) is -0.309. The van der Waals surface area contributed by atoms with Crippen LogP contribution in [0.25, 0.3) is 22.4 Å². The Balaban J connectivity index is 1.22. The van der Waals surface area contributed by atoms with E-state index in [1.807, 2.05) is 42.3 Å². The minimum Gasteiger partial charge on any atom is -0.379 e. The molecule has 1 saturated carbocycles. The Hall–Kier alpha value is -3.93. The van der Waals surface area contributed by atoms with Crippen LogP contribution in [0.2, 0.25) is 0 Å². The molecule has 0 spiro atoms. The van der Waals surface area contributed by atoms with Crippen molar-refractivity contribution in [3.63, 3.8) is 0 Å². The first-order chi connectivity index (χ1) is 19.7. The summed E-state index contributed by atoms with van der Waals surface area (Å²) in [6, 6.07) is 15.8. The third-order valence-electron chi connectivity index (χ3n) is 7.83. The van der Waals surface area contributed by atoms with Gasteiger partial charge in [-0.25, -0.2) is 4.39 Å². The molecule has 2 N–H and O–H groups in total. The molecular weight excluding hydrogens is 540 g/mol. The van der Waals surface area contributed by atoms with Crippen LogP contribution >= 0.6 is 0 Å². The number of benzene rings is 2. The molecule has 4 atom stereocenters. The SMILES string of the molecule is CN1CC[C@@H](Nc2cccc3c2cc(-c2noc(CNC(=O)C4C[C@@H]4c4ccccc4)n2)n3CC(F)(F)F)[C@@H](F)C1. The molecule has 8 nitrogen and oxygen atoms in total. The second kappa shape index (κ2) is 10.8. The molecule has 2 aromatic carbocycles. The maximum atomic E-state index is 14.7. The van der Waals surface area contributed by atoms with Gasteiger partial charge in [-0.05, 0) is 49.6 Å². The Bertz CT molecular complexity index is 1540. The fourth-order valence-electron chi connectivity index (χ4n) is 5.64. The molecule has 4 aromatic rings. The Morgan fingerprint density at radius 2 is 1.95 bits per heavy atom. The lowest BCUT2D eigenvalue weighted by Crippen LogP contribution is -2.46. The van der Waals surface area contributed by atoms with Gasteiger partial charge in [-0.2, -0.15) is 18.2 Å². The number of amides is 1. The van der Waals surface area contributed by atoms with E-state index in [4.69, 9.17) is 4.52 Å². The van der Waals surface area contributed by atoms with Crippen LogP contribution in [-0.2, 0) is 17.9 Å². The van der Waals surface area contributed by atoms with Crippen molar-refractivity contribution < 1.29 is 26.9 Å². The molecule has 1 unspecified atom stereocenters. The average molecular weight is 571 g/mol. The highest BCUT2D eigenvalue weighted by Gasteiger charge is 2.43. The molecular formula is C29H30F4N6O2. The number of hydrogen-bond acceptors (Lipinski definition) is 6. The van der Waals surface area contributed by atoms with Gasteiger partial charge in [0.05, 0.1) is 23.8 Å². The summed E-state index contributed by atoms with van der Waals surface area (Å²) >= 11 is 0. The first-order valence-corrected chi connectivity index (χ1v) is 13.6. The fourth-order valence-corrected chi connectivity index (χ4v) is 5.64. The van der Waals surface area contributed by atoms with Gasteiger partial charge in [-0.1, -0.05) is 41.6 Å². The molecule has 0 radical (unpaired) electrons. The number of anilines is 1. The first-order valence-electron chi connectivity index (χ1n) is 13.6. The number of hydrogen-bond donors (Lipinski definition) is 2. The zero-order chi connectivity index (χ0) is 28.7. The number of aromatic nitrogens is 3. The van der Waals surface area contributed by atoms with Crippen molar-refractivity contribution in [3.05, 3.63) is 66.1 Å². The third-order valence-corrected chi connectivity index (χ3v) is 7.83. The van der Waals surface area contributed by atoms with E-state index in [2.05, 4.69) is 20.8 Å². The monoisotopic (exact) mass is 570 g/mol. The van der Waals surface area contributed by atoms with E-state index in [0.717, 1.165) is 16.6 Å². The van der Waals surface area contributed by atoms with Crippen LogP contribution in [0, 0.1) is 5.92 Å². The Morgan fingerprint density at radius 1 is 1.15 bits per heavy atom. The summed E-state index contributed by atoms with van der Waals surface area (Å²) in [5.74, 6) is -0.0671. The summed E-state index contributed by atoms with van der Waals surface area (Å²) in [5.41, 5.74) is 2.07. The van der Waals surface area contributed by atoms with E-state index >= 15 is 0 Å². The van der Waals surface area contributed by atoms with E-state index in [1.165, 1.54) is 0 Å². The largest absolute Gasteiger partial charge is 0.406 e. The molecule has 2 aromatic heterocycles. The van der Waals surface area contributed by atoms with E-state index in [1.54, 1.807) is 24.3 Å². The van der Waals surface area contributed by atoms with Crippen LogP contribution in [0.3, 0.4) is 0 Å². The van der Waals surface area contributed by atoms with E-state index in [0.29, 0.717) is 29.6 Å². The number of nitrogens with one attached hydrogen (secondary N) is 2. The number of carbonyl (C=O) groups excluding carboxylic acids is 1. The molecule has 1 amide bonds. The highest BCUT2D eigenvalue weighted by atomic mass is 19.4. The number of carbonyl (C=O) groups is 1. The minimum atomic E-state index is -4.51. The number of fused-ring (bicyclic) bond motifs is 1. The van der Waals surface area contributed by atoms with Crippen LogP contribution in [0.15, 0.2) is 59.1 Å². The van der Waals surface area contributed by atoms with Gasteiger partial charge in [0.25, 0.3) is 0 Å². The second-order valence-corrected chi connectivity index (χ2v) is 10.9. The molecule has 6 rings (SSSR count). The summed E-state index contributed by atoms with van der Waals surface area (Å²) in [5, 5.41) is 10.4. The zero-order valence-electron chi connectivity index (χ0n) is 22.4. The number of rotatable bonds is 8. The lowest BCUT2D eigenvalue weighted by Gasteiger charge is -2.33. The van der Waals surface area contributed by atoms with Crippen LogP contribution in [0.5, 0.6) is 0 Å². The van der Waals surface area contributed by atoms with Crippen LogP contribution in [0.4, 0.5) is 23.2 Å². The Morgan fingerprint density at radius 3 is 2.71 bits per heavy atom. The van der Waals surface area contributed by atoms with Crippen molar-refractivity contribution in [2.45, 2.75) is 50.2 Å². The minimum absolute atomic E-state index is 0.0307. The molecule has 1 aliphatic carbocycles. The van der Waals surface area contributed by atoms with E-state index < -0.39 is 24.9 Å². The van der Waals surface area contributed by atoms with Crippen LogP contribution < -0.4 is 10.6 Å². The first kappa shape index (κ1) is 27.3. The van der Waals surface area contributed by atoms with Crippen molar-refractivity contribution in [1.82, 2.24) is 24.9 Å². The van der Waals surface area contributed by atoms with Gasteiger partial charge in [0, 0.05) is 30.1 Å². The standard InChI is InChI=1S/C29H30F4N6O2/c1-38-11-10-23(21(30)15-38)35-22-8-5-9-24-20(22)13-25(39(24)16-29(31,32)33)27-36-26(41-37-27)14-34-28(40)19-12-18(19)17-6-3-2-4-7-17/h2-9,13,18-19,21,23,35H,10-12,14-16H2,1H3,(H,34,40)/t18-,19?,21+,23-/m1/s1. The predicted molar refractivity (Wildman–Crippen MR) is 145 cm³/mol. The van der Waals surface area contributed by atoms with Gasteiger partial charge in [-0.3, -0.25) is 4.79 Å². The summed E-state index contributed by atoms with van der Waals surface area (Å²) in [6.07, 6.45) is -4.31. The molecule has 12 heteroatoms. The lowest BCUT2D eigenvalue weighted by atomic mass is 10.0. The van der Waals surface area contributed by atoms with Gasteiger partial charge >= 0.3 is 6.18 Å². The van der Waals surface area contributed by atoms with Crippen molar-refractivity contribution in [2.75, 3.05) is 25.5 Å². The summed E-state index contributed by atoms with van der Waals surface area (Å²) < 4.78 is 62.1. The smallest absolute Gasteiger partial charge is 0.379 e. The molecule has 216 valence electrons. The molecule has 41 heavy (non-hydrogen) atoms. The molecule has 1 saturated heterocycles. The van der Waals surface area contributed by atoms with E-state index in [-0.39, 0.29) is 48.2 Å². The molecule has 0 bridgehead atoms. The van der Waals surface area contributed by atoms with Crippen molar-refractivity contribution in [3.8, 4) is 11.5 Å². The molecule has 2 aliphatic rings. The fraction of sp³-hybridized carbons (Fsp3) is 0.414. The number of alkyl halides is 4. The van der Waals surface area contributed by atoms with Gasteiger partial charge in [0.1, 0.15) is 12.7 Å². The highest BCUT2D eigenvalue weighted by molar-refractivity contribution is 5.96. The topological polar surface area (TPSA) is 88.2 Å². The van der Waals surface area contributed by atoms with Crippen LogP contribution in [-0.4, -0.2) is 64.0 Å². The van der Waals surface area contributed by atoms with Gasteiger partial charge < -0.3 is 24.6 Å². The molecule has 2 fully saturated rings.